The second-order valence-corrected chi connectivity index (χ2v) is 3.04. The molecule has 78 valence electrons. The van der Waals surface area contributed by atoms with E-state index in [4.69, 9.17) is 10.5 Å². The Labute approximate surface area is 87.3 Å². The molecule has 5 nitrogen and oxygen atoms in total. The fraction of sp³-hybridized carbons (Fsp3) is 0.200. The molecule has 2 rings (SSSR count). The van der Waals surface area contributed by atoms with E-state index in [0.717, 1.165) is 17.1 Å². The molecule has 0 amide bonds. The minimum Gasteiger partial charge on any atom is -0.494 e. The molecule has 0 aliphatic rings. The van der Waals surface area contributed by atoms with Crippen LogP contribution in [0, 0.1) is 0 Å². The molecule has 2 heterocycles. The van der Waals surface area contributed by atoms with Crippen molar-refractivity contribution in [2.45, 2.75) is 6.54 Å². The second kappa shape index (κ2) is 4.10. The van der Waals surface area contributed by atoms with Crippen molar-refractivity contribution in [1.82, 2.24) is 15.2 Å². The van der Waals surface area contributed by atoms with Gasteiger partial charge in [0.05, 0.1) is 7.11 Å². The van der Waals surface area contributed by atoms with E-state index in [-0.39, 0.29) is 0 Å². The molecule has 15 heavy (non-hydrogen) atoms. The zero-order valence-electron chi connectivity index (χ0n) is 8.40. The first-order valence-electron chi connectivity index (χ1n) is 4.59. The molecule has 0 bridgehead atoms. The molecule has 0 saturated carbocycles. The van der Waals surface area contributed by atoms with Crippen molar-refractivity contribution in [2.24, 2.45) is 5.73 Å². The summed E-state index contributed by atoms with van der Waals surface area (Å²) in [5.74, 6) is 0.701. The van der Waals surface area contributed by atoms with Crippen LogP contribution in [0.15, 0.2) is 24.4 Å². The normalized spacial score (nSPS) is 10.3. The Morgan fingerprint density at radius 1 is 1.53 bits per heavy atom. The fourth-order valence-electron chi connectivity index (χ4n) is 1.34. The number of rotatable bonds is 3. The third-order valence-corrected chi connectivity index (χ3v) is 2.08. The van der Waals surface area contributed by atoms with Crippen molar-refractivity contribution in [3.05, 3.63) is 30.1 Å². The van der Waals surface area contributed by atoms with Gasteiger partial charge in [0.1, 0.15) is 17.1 Å². The minimum absolute atomic E-state index is 0.433. The highest BCUT2D eigenvalue weighted by atomic mass is 16.5. The average molecular weight is 204 g/mol. The molecule has 2 aromatic heterocycles. The summed E-state index contributed by atoms with van der Waals surface area (Å²) in [6, 6.07) is 5.53. The monoisotopic (exact) mass is 204 g/mol. The van der Waals surface area contributed by atoms with Crippen LogP contribution in [0.4, 0.5) is 0 Å². The molecule has 0 aliphatic heterocycles. The Kier molecular flexibility index (Phi) is 2.64. The Hall–Kier alpha value is -1.88. The van der Waals surface area contributed by atoms with Gasteiger partial charge in [-0.3, -0.25) is 10.1 Å². The number of hydrogen-bond donors (Lipinski definition) is 2. The minimum atomic E-state index is 0.433. The van der Waals surface area contributed by atoms with Crippen molar-refractivity contribution >= 4 is 0 Å². The molecular formula is C10H12N4O. The molecule has 3 N–H and O–H groups in total. The Morgan fingerprint density at radius 3 is 3.07 bits per heavy atom. The Bertz CT molecular complexity index is 452. The molecule has 0 saturated heterocycles. The molecule has 0 unspecified atom stereocenters. The van der Waals surface area contributed by atoms with E-state index in [1.807, 2.05) is 18.2 Å². The van der Waals surface area contributed by atoms with Gasteiger partial charge in [0.15, 0.2) is 0 Å². The van der Waals surface area contributed by atoms with Crippen LogP contribution >= 0.6 is 0 Å². The van der Waals surface area contributed by atoms with Crippen LogP contribution < -0.4 is 10.5 Å². The number of aromatic nitrogens is 3. The first kappa shape index (κ1) is 9.67. The lowest BCUT2D eigenvalue weighted by molar-refractivity contribution is 0.414. The number of methoxy groups -OCH3 is 1. The van der Waals surface area contributed by atoms with Crippen LogP contribution in [-0.2, 0) is 6.54 Å². The van der Waals surface area contributed by atoms with Crippen LogP contribution in [0.25, 0.3) is 11.4 Å². The maximum Gasteiger partial charge on any atom is 0.146 e. The predicted molar refractivity (Wildman–Crippen MR) is 56.3 cm³/mol. The van der Waals surface area contributed by atoms with Gasteiger partial charge in [0, 0.05) is 18.4 Å². The average Bonchev–Trinajstić information content (AvgIpc) is 2.77. The lowest BCUT2D eigenvalue weighted by Gasteiger charge is -2.03. The Morgan fingerprint density at radius 2 is 2.40 bits per heavy atom. The van der Waals surface area contributed by atoms with Crippen molar-refractivity contribution in [3.8, 4) is 17.1 Å². The number of aromatic amines is 1. The third-order valence-electron chi connectivity index (χ3n) is 2.08. The first-order valence-corrected chi connectivity index (χ1v) is 4.59. The van der Waals surface area contributed by atoms with Gasteiger partial charge in [0.25, 0.3) is 0 Å². The van der Waals surface area contributed by atoms with Gasteiger partial charge in [-0.15, -0.1) is 0 Å². The summed E-state index contributed by atoms with van der Waals surface area (Å²) in [5.41, 5.74) is 7.82. The number of nitrogens with one attached hydrogen (secondary N) is 1. The van der Waals surface area contributed by atoms with Crippen molar-refractivity contribution in [3.63, 3.8) is 0 Å². The summed E-state index contributed by atoms with van der Waals surface area (Å²) in [5, 5.41) is 6.95. The van der Waals surface area contributed by atoms with E-state index in [0.29, 0.717) is 12.3 Å². The molecule has 0 radical (unpaired) electrons. The highest BCUT2D eigenvalue weighted by Crippen LogP contribution is 2.25. The van der Waals surface area contributed by atoms with Crippen LogP contribution in [-0.4, -0.2) is 22.3 Å². The largest absolute Gasteiger partial charge is 0.494 e. The quantitative estimate of drug-likeness (QED) is 0.780. The number of hydrogen-bond acceptors (Lipinski definition) is 4. The summed E-state index contributed by atoms with van der Waals surface area (Å²) >= 11 is 0. The molecule has 0 aromatic carbocycles. The van der Waals surface area contributed by atoms with Gasteiger partial charge in [-0.25, -0.2) is 0 Å². The number of nitrogens with two attached hydrogens (primary N) is 1. The highest BCUT2D eigenvalue weighted by Gasteiger charge is 2.09. The van der Waals surface area contributed by atoms with Gasteiger partial charge < -0.3 is 10.5 Å². The molecule has 0 spiro atoms. The third kappa shape index (κ3) is 1.82. The zero-order chi connectivity index (χ0) is 10.7. The van der Waals surface area contributed by atoms with E-state index in [1.54, 1.807) is 13.3 Å². The fourth-order valence-corrected chi connectivity index (χ4v) is 1.34. The predicted octanol–water partition coefficient (Wildman–Crippen LogP) is 0.939. The van der Waals surface area contributed by atoms with E-state index in [1.165, 1.54) is 0 Å². The smallest absolute Gasteiger partial charge is 0.146 e. The SMILES string of the molecule is COc1cccnc1-c1cc(CN)[nH]n1. The first-order chi connectivity index (χ1) is 7.35. The van der Waals surface area contributed by atoms with Gasteiger partial charge in [-0.05, 0) is 18.2 Å². The van der Waals surface area contributed by atoms with E-state index >= 15 is 0 Å². The maximum atomic E-state index is 5.49. The summed E-state index contributed by atoms with van der Waals surface area (Å²) in [4.78, 5) is 4.22. The van der Waals surface area contributed by atoms with E-state index in [9.17, 15) is 0 Å². The van der Waals surface area contributed by atoms with E-state index < -0.39 is 0 Å². The van der Waals surface area contributed by atoms with Crippen molar-refractivity contribution in [1.29, 1.82) is 0 Å². The van der Waals surface area contributed by atoms with Crippen LogP contribution in [0.1, 0.15) is 5.69 Å². The molecule has 2 aromatic rings. The van der Waals surface area contributed by atoms with Crippen LogP contribution in [0.2, 0.25) is 0 Å². The number of H-pyrrole nitrogens is 1. The lowest BCUT2D eigenvalue weighted by atomic mass is 10.2. The summed E-state index contributed by atoms with van der Waals surface area (Å²) in [7, 11) is 1.61. The second-order valence-electron chi connectivity index (χ2n) is 3.04. The lowest BCUT2D eigenvalue weighted by Crippen LogP contribution is -1.95. The van der Waals surface area contributed by atoms with Gasteiger partial charge in [-0.2, -0.15) is 5.10 Å². The number of nitrogens with zero attached hydrogens (tertiary/aromatic N) is 2. The van der Waals surface area contributed by atoms with E-state index in [2.05, 4.69) is 15.2 Å². The number of pyridine rings is 1. The maximum absolute atomic E-state index is 5.49. The van der Waals surface area contributed by atoms with Crippen LogP contribution in [0.5, 0.6) is 5.75 Å². The highest BCUT2D eigenvalue weighted by molar-refractivity contribution is 5.62. The Balaban J connectivity index is 2.44. The molecule has 5 heteroatoms. The van der Waals surface area contributed by atoms with Gasteiger partial charge in [0.2, 0.25) is 0 Å². The molecular weight excluding hydrogens is 192 g/mol. The van der Waals surface area contributed by atoms with Gasteiger partial charge in [-0.1, -0.05) is 0 Å². The van der Waals surface area contributed by atoms with Crippen molar-refractivity contribution < 1.29 is 4.74 Å². The summed E-state index contributed by atoms with van der Waals surface area (Å²) < 4.78 is 5.19. The summed E-state index contributed by atoms with van der Waals surface area (Å²) in [6.07, 6.45) is 1.70. The van der Waals surface area contributed by atoms with Crippen LogP contribution in [0.3, 0.4) is 0 Å². The number of ether oxygens (including phenoxy) is 1. The topological polar surface area (TPSA) is 76.8 Å². The molecule has 0 atom stereocenters. The zero-order valence-corrected chi connectivity index (χ0v) is 8.40. The molecule has 0 fully saturated rings. The summed E-state index contributed by atoms with van der Waals surface area (Å²) in [6.45, 7) is 0.433. The van der Waals surface area contributed by atoms with Crippen molar-refractivity contribution in [2.75, 3.05) is 7.11 Å². The molecule has 0 aliphatic carbocycles. The standard InChI is InChI=1S/C10H12N4O/c1-15-9-3-2-4-12-10(9)8-5-7(6-11)13-14-8/h2-5H,6,11H2,1H3,(H,13,14). The van der Waals surface area contributed by atoms with Gasteiger partial charge >= 0.3 is 0 Å².